The molecule has 6 nitrogen and oxygen atoms in total. The average molecular weight is 484 g/mol. The van der Waals surface area contributed by atoms with Crippen LogP contribution in [-0.4, -0.2) is 31.3 Å². The zero-order chi connectivity index (χ0) is 24.3. The van der Waals surface area contributed by atoms with E-state index in [1.54, 1.807) is 19.1 Å². The first-order chi connectivity index (χ1) is 16.3. The van der Waals surface area contributed by atoms with E-state index < -0.39 is 33.2 Å². The fraction of sp³-hybridized carbons (Fsp3) is 0.160. The molecule has 2 N–H and O–H groups in total. The molecule has 34 heavy (non-hydrogen) atoms. The number of carbonyl (C=O) groups is 1. The van der Waals surface area contributed by atoms with Crippen molar-refractivity contribution in [2.24, 2.45) is 0 Å². The van der Waals surface area contributed by atoms with Crippen LogP contribution in [0.2, 0.25) is 0 Å². The summed E-state index contributed by atoms with van der Waals surface area (Å²) < 4.78 is 55.9. The predicted octanol–water partition coefficient (Wildman–Crippen LogP) is 4.87. The quantitative estimate of drug-likeness (QED) is 0.394. The molecule has 0 saturated heterocycles. The molecule has 0 aliphatic carbocycles. The molecule has 0 unspecified atom stereocenters. The van der Waals surface area contributed by atoms with Gasteiger partial charge in [-0.1, -0.05) is 54.6 Å². The van der Waals surface area contributed by atoms with E-state index in [4.69, 9.17) is 0 Å². The molecule has 4 aromatic rings. The Morgan fingerprint density at radius 1 is 0.912 bits per heavy atom. The first kappa shape index (κ1) is 23.4. The van der Waals surface area contributed by atoms with Gasteiger partial charge in [-0.3, -0.25) is 0 Å². The number of benzene rings is 3. The van der Waals surface area contributed by atoms with Gasteiger partial charge in [0.05, 0.1) is 10.6 Å². The SMILES string of the molecule is Cc1c(S(=O)(=O)CCNC(=O)Nc2c(F)cccc2F)c2ccccc2n1Cc1ccccc1. The van der Waals surface area contributed by atoms with Crippen molar-refractivity contribution in [3.8, 4) is 0 Å². The van der Waals surface area contributed by atoms with Crippen molar-refractivity contribution in [3.63, 3.8) is 0 Å². The highest BCUT2D eigenvalue weighted by Crippen LogP contribution is 2.31. The third-order valence-electron chi connectivity index (χ3n) is 5.53. The lowest BCUT2D eigenvalue weighted by Crippen LogP contribution is -2.33. The highest BCUT2D eigenvalue weighted by molar-refractivity contribution is 7.91. The fourth-order valence-corrected chi connectivity index (χ4v) is 5.58. The lowest BCUT2D eigenvalue weighted by Gasteiger charge is -2.11. The fourth-order valence-electron chi connectivity index (χ4n) is 3.94. The first-order valence-corrected chi connectivity index (χ1v) is 12.3. The average Bonchev–Trinajstić information content (AvgIpc) is 3.09. The Morgan fingerprint density at radius 2 is 1.56 bits per heavy atom. The number of halogens is 2. The molecule has 3 aromatic carbocycles. The van der Waals surface area contributed by atoms with E-state index in [0.717, 1.165) is 23.2 Å². The van der Waals surface area contributed by atoms with E-state index in [9.17, 15) is 22.0 Å². The molecule has 0 spiro atoms. The highest BCUT2D eigenvalue weighted by Gasteiger charge is 2.25. The number of carbonyl (C=O) groups excluding carboxylic acids is 1. The van der Waals surface area contributed by atoms with Crippen LogP contribution in [-0.2, 0) is 16.4 Å². The zero-order valence-corrected chi connectivity index (χ0v) is 19.2. The van der Waals surface area contributed by atoms with Crippen LogP contribution >= 0.6 is 0 Å². The molecule has 0 saturated carbocycles. The molecule has 1 aromatic heterocycles. The number of para-hydroxylation sites is 2. The molecule has 0 atom stereocenters. The Morgan fingerprint density at radius 3 is 2.26 bits per heavy atom. The number of hydrogen-bond acceptors (Lipinski definition) is 3. The minimum Gasteiger partial charge on any atom is -0.339 e. The molecule has 4 rings (SSSR count). The van der Waals surface area contributed by atoms with E-state index in [2.05, 4.69) is 10.6 Å². The molecule has 2 amide bonds. The number of sulfone groups is 1. The van der Waals surface area contributed by atoms with E-state index in [1.165, 1.54) is 6.07 Å². The number of hydrogen-bond donors (Lipinski definition) is 2. The van der Waals surface area contributed by atoms with Gasteiger partial charge >= 0.3 is 6.03 Å². The highest BCUT2D eigenvalue weighted by atomic mass is 32.2. The summed E-state index contributed by atoms with van der Waals surface area (Å²) in [5.74, 6) is -2.23. The van der Waals surface area contributed by atoms with Gasteiger partial charge in [-0.15, -0.1) is 0 Å². The minimum absolute atomic E-state index is 0.210. The van der Waals surface area contributed by atoms with Crippen LogP contribution < -0.4 is 10.6 Å². The molecule has 176 valence electrons. The third kappa shape index (κ3) is 4.79. The minimum atomic E-state index is -3.79. The maximum atomic E-state index is 13.7. The van der Waals surface area contributed by atoms with Gasteiger partial charge in [0.1, 0.15) is 17.3 Å². The van der Waals surface area contributed by atoms with Gasteiger partial charge in [0.15, 0.2) is 9.84 Å². The molecule has 9 heteroatoms. The molecule has 0 bridgehead atoms. The van der Waals surface area contributed by atoms with Crippen LogP contribution in [0.3, 0.4) is 0 Å². The summed E-state index contributed by atoms with van der Waals surface area (Å²) in [6, 6.07) is 19.3. The smallest absolute Gasteiger partial charge is 0.319 e. The van der Waals surface area contributed by atoms with Crippen LogP contribution in [0.5, 0.6) is 0 Å². The van der Waals surface area contributed by atoms with Crippen LogP contribution in [0.25, 0.3) is 10.9 Å². The summed E-state index contributed by atoms with van der Waals surface area (Å²) in [6.07, 6.45) is 0. The summed E-state index contributed by atoms with van der Waals surface area (Å²) >= 11 is 0. The molecule has 1 heterocycles. The summed E-state index contributed by atoms with van der Waals surface area (Å²) in [7, 11) is -3.79. The number of nitrogens with one attached hydrogen (secondary N) is 2. The molecule has 0 aliphatic heterocycles. The second kappa shape index (κ2) is 9.64. The van der Waals surface area contributed by atoms with Crippen LogP contribution in [0.15, 0.2) is 77.7 Å². The van der Waals surface area contributed by atoms with Crippen molar-refractivity contribution in [2.45, 2.75) is 18.4 Å². The molecule has 0 aliphatic rings. The van der Waals surface area contributed by atoms with Crippen LogP contribution in [0, 0.1) is 18.6 Å². The largest absolute Gasteiger partial charge is 0.339 e. The summed E-state index contributed by atoms with van der Waals surface area (Å²) in [5, 5.41) is 5.04. The van der Waals surface area contributed by atoms with Crippen molar-refractivity contribution >= 4 is 32.5 Å². The second-order valence-electron chi connectivity index (χ2n) is 7.80. The Hall–Kier alpha value is -3.72. The molecular formula is C25H23F2N3O3S. The van der Waals surface area contributed by atoms with Crippen molar-refractivity contribution < 1.29 is 22.0 Å². The van der Waals surface area contributed by atoms with Crippen molar-refractivity contribution in [2.75, 3.05) is 17.6 Å². The van der Waals surface area contributed by atoms with Crippen LogP contribution in [0.1, 0.15) is 11.3 Å². The van der Waals surface area contributed by atoms with Crippen LogP contribution in [0.4, 0.5) is 19.3 Å². The van der Waals surface area contributed by atoms with Gasteiger partial charge in [-0.05, 0) is 30.7 Å². The first-order valence-electron chi connectivity index (χ1n) is 10.6. The Kier molecular flexibility index (Phi) is 6.65. The van der Waals surface area contributed by atoms with Gasteiger partial charge in [-0.25, -0.2) is 22.0 Å². The maximum absolute atomic E-state index is 13.7. The van der Waals surface area contributed by atoms with Gasteiger partial charge < -0.3 is 15.2 Å². The number of fused-ring (bicyclic) bond motifs is 1. The monoisotopic (exact) mass is 483 g/mol. The normalized spacial score (nSPS) is 11.5. The number of urea groups is 1. The number of aromatic nitrogens is 1. The van der Waals surface area contributed by atoms with E-state index in [1.807, 2.05) is 47.0 Å². The number of rotatable bonds is 7. The van der Waals surface area contributed by atoms with E-state index in [-0.39, 0.29) is 17.2 Å². The third-order valence-corrected chi connectivity index (χ3v) is 7.40. The molecule has 0 fully saturated rings. The van der Waals surface area contributed by atoms with Crippen molar-refractivity contribution in [1.29, 1.82) is 0 Å². The van der Waals surface area contributed by atoms with Crippen molar-refractivity contribution in [1.82, 2.24) is 9.88 Å². The van der Waals surface area contributed by atoms with E-state index in [0.29, 0.717) is 17.6 Å². The van der Waals surface area contributed by atoms with Gasteiger partial charge in [0, 0.05) is 29.7 Å². The standard InChI is InChI=1S/C25H23F2N3O3S/c1-17-24(19-10-5-6-13-22(19)30(17)16-18-8-3-2-4-9-18)34(32,33)15-14-28-25(31)29-23-20(26)11-7-12-21(23)27/h2-13H,14-16H2,1H3,(H2,28,29,31). The Bertz CT molecular complexity index is 1430. The van der Waals surface area contributed by atoms with Gasteiger partial charge in [0.2, 0.25) is 0 Å². The number of anilines is 1. The topological polar surface area (TPSA) is 80.2 Å². The summed E-state index contributed by atoms with van der Waals surface area (Å²) in [4.78, 5) is 12.3. The predicted molar refractivity (Wildman–Crippen MR) is 128 cm³/mol. The zero-order valence-electron chi connectivity index (χ0n) is 18.4. The van der Waals surface area contributed by atoms with Gasteiger partial charge in [0.25, 0.3) is 0 Å². The van der Waals surface area contributed by atoms with Gasteiger partial charge in [-0.2, -0.15) is 0 Å². The lowest BCUT2D eigenvalue weighted by molar-refractivity contribution is 0.252. The Labute approximate surface area is 196 Å². The van der Waals surface area contributed by atoms with E-state index >= 15 is 0 Å². The lowest BCUT2D eigenvalue weighted by atomic mass is 10.2. The number of amides is 2. The maximum Gasteiger partial charge on any atom is 0.319 e. The summed E-state index contributed by atoms with van der Waals surface area (Å²) in [6.45, 7) is 2.04. The molecular weight excluding hydrogens is 460 g/mol. The Balaban J connectivity index is 1.53. The molecule has 0 radical (unpaired) electrons. The summed E-state index contributed by atoms with van der Waals surface area (Å²) in [5.41, 5.74) is 1.84. The second-order valence-corrected chi connectivity index (χ2v) is 9.85. The van der Waals surface area contributed by atoms with Crippen molar-refractivity contribution in [3.05, 3.63) is 95.7 Å². The number of nitrogens with zero attached hydrogens (tertiary/aromatic N) is 1.